The summed E-state index contributed by atoms with van der Waals surface area (Å²) in [7, 11) is -2.60. The fraction of sp³-hybridized carbons (Fsp3) is 0.619. The van der Waals surface area contributed by atoms with Crippen molar-refractivity contribution in [2.45, 2.75) is 70.2 Å². The summed E-state index contributed by atoms with van der Waals surface area (Å²) in [5.74, 6) is 0.0444. The molecule has 1 saturated carbocycles. The Labute approximate surface area is 173 Å². The van der Waals surface area contributed by atoms with Gasteiger partial charge in [0.1, 0.15) is 16.2 Å². The number of hydrogen-bond donors (Lipinski definition) is 2. The largest absolute Gasteiger partial charge is 0.497 e. The first-order valence-corrected chi connectivity index (χ1v) is 11.4. The predicted octanol–water partition coefficient (Wildman–Crippen LogP) is 3.82. The van der Waals surface area contributed by atoms with Crippen molar-refractivity contribution in [1.82, 2.24) is 4.72 Å². The number of ether oxygens (including phenoxy) is 1. The number of nitrogens with zero attached hydrogens (tertiary/aromatic N) is 1. The van der Waals surface area contributed by atoms with Crippen molar-refractivity contribution in [3.63, 3.8) is 0 Å². The lowest BCUT2D eigenvalue weighted by atomic mass is 9.77. The maximum Gasteiger partial charge on any atom is 0.244 e. The Hall–Kier alpha value is -2.11. The smallest absolute Gasteiger partial charge is 0.244 e. The molecule has 2 rings (SSSR count). The van der Waals surface area contributed by atoms with Crippen LogP contribution in [0.4, 0.5) is 5.69 Å². The van der Waals surface area contributed by atoms with Gasteiger partial charge in [0.2, 0.25) is 15.9 Å². The van der Waals surface area contributed by atoms with Gasteiger partial charge in [0.25, 0.3) is 0 Å². The van der Waals surface area contributed by atoms with E-state index in [-0.39, 0.29) is 22.4 Å². The molecule has 160 valence electrons. The van der Waals surface area contributed by atoms with Gasteiger partial charge in [-0.25, -0.2) is 8.42 Å². The lowest BCUT2D eigenvalue weighted by Gasteiger charge is -2.35. The summed E-state index contributed by atoms with van der Waals surface area (Å²) in [5, 5.41) is 12.5. The Kier molecular flexibility index (Phi) is 6.97. The standard InChI is InChI=1S/C21H31N3O4S/c1-20(2,3)19(25)23-17-13-16(28-5)11-12-18(17)29(26,27)24-21(4,14-22)15-9-7-6-8-10-15/h11-13,15,24H,6-10H2,1-5H3,(H,23,25)/t21-/m1/s1. The fourth-order valence-electron chi connectivity index (χ4n) is 3.49. The molecule has 2 N–H and O–H groups in total. The number of nitrogens with one attached hydrogen (secondary N) is 2. The monoisotopic (exact) mass is 421 g/mol. The molecule has 29 heavy (non-hydrogen) atoms. The number of carbonyl (C=O) groups is 1. The molecular weight excluding hydrogens is 390 g/mol. The number of benzene rings is 1. The Morgan fingerprint density at radius 2 is 1.79 bits per heavy atom. The lowest BCUT2D eigenvalue weighted by molar-refractivity contribution is -0.123. The van der Waals surface area contributed by atoms with Gasteiger partial charge in [-0.2, -0.15) is 9.98 Å². The summed E-state index contributed by atoms with van der Waals surface area (Å²) in [6, 6.07) is 6.56. The second kappa shape index (κ2) is 8.72. The summed E-state index contributed by atoms with van der Waals surface area (Å²) in [6.45, 7) is 6.86. The molecule has 1 atom stereocenters. The van der Waals surface area contributed by atoms with Crippen LogP contribution in [-0.2, 0) is 14.8 Å². The van der Waals surface area contributed by atoms with E-state index in [1.807, 2.05) is 0 Å². The highest BCUT2D eigenvalue weighted by Crippen LogP contribution is 2.35. The molecule has 0 aliphatic heterocycles. The number of amides is 1. The SMILES string of the molecule is COc1ccc(S(=O)(=O)N[C@](C)(C#N)C2CCCCC2)c(NC(=O)C(C)(C)C)c1. The van der Waals surface area contributed by atoms with Crippen molar-refractivity contribution in [3.8, 4) is 11.8 Å². The molecule has 0 aromatic heterocycles. The van der Waals surface area contributed by atoms with Crippen LogP contribution >= 0.6 is 0 Å². The molecule has 0 heterocycles. The van der Waals surface area contributed by atoms with Crippen LogP contribution in [0.1, 0.15) is 59.8 Å². The van der Waals surface area contributed by atoms with Crippen molar-refractivity contribution in [2.24, 2.45) is 11.3 Å². The zero-order valence-corrected chi connectivity index (χ0v) is 18.6. The Bertz CT molecular complexity index is 893. The van der Waals surface area contributed by atoms with Gasteiger partial charge in [-0.05, 0) is 37.8 Å². The predicted molar refractivity (Wildman–Crippen MR) is 112 cm³/mol. The Balaban J connectivity index is 2.42. The third kappa shape index (κ3) is 5.49. The second-order valence-electron chi connectivity index (χ2n) is 8.82. The molecule has 0 unspecified atom stereocenters. The van der Waals surface area contributed by atoms with E-state index in [0.29, 0.717) is 5.75 Å². The second-order valence-corrected chi connectivity index (χ2v) is 10.5. The van der Waals surface area contributed by atoms with Crippen molar-refractivity contribution in [2.75, 3.05) is 12.4 Å². The van der Waals surface area contributed by atoms with Gasteiger partial charge >= 0.3 is 0 Å². The third-order valence-corrected chi connectivity index (χ3v) is 7.03. The van der Waals surface area contributed by atoms with E-state index in [1.54, 1.807) is 27.7 Å². The number of nitriles is 1. The molecular formula is C21H31N3O4S. The van der Waals surface area contributed by atoms with Crippen LogP contribution in [0.2, 0.25) is 0 Å². The van der Waals surface area contributed by atoms with Gasteiger partial charge in [0, 0.05) is 11.5 Å². The van der Waals surface area contributed by atoms with Crippen molar-refractivity contribution < 1.29 is 17.9 Å². The number of hydrogen-bond acceptors (Lipinski definition) is 5. The average Bonchev–Trinajstić information content (AvgIpc) is 2.67. The molecule has 8 heteroatoms. The highest BCUT2D eigenvalue weighted by atomic mass is 32.2. The summed E-state index contributed by atoms with van der Waals surface area (Å²) in [5.41, 5.74) is -1.80. The van der Waals surface area contributed by atoms with Crippen LogP contribution in [0.25, 0.3) is 0 Å². The number of rotatable bonds is 6. The summed E-state index contributed by atoms with van der Waals surface area (Å²) in [4.78, 5) is 12.4. The van der Waals surface area contributed by atoms with Crippen LogP contribution in [0.5, 0.6) is 5.75 Å². The van der Waals surface area contributed by atoms with E-state index in [4.69, 9.17) is 4.74 Å². The molecule has 7 nitrogen and oxygen atoms in total. The molecule has 1 aliphatic rings. The first-order chi connectivity index (χ1) is 13.4. The lowest BCUT2D eigenvalue weighted by Crippen LogP contribution is -2.51. The van der Waals surface area contributed by atoms with Gasteiger partial charge in [-0.3, -0.25) is 4.79 Å². The van der Waals surface area contributed by atoms with Crippen molar-refractivity contribution >= 4 is 21.6 Å². The van der Waals surface area contributed by atoms with E-state index in [2.05, 4.69) is 16.1 Å². The van der Waals surface area contributed by atoms with Crippen molar-refractivity contribution in [1.29, 1.82) is 5.26 Å². The topological polar surface area (TPSA) is 108 Å². The minimum atomic E-state index is -4.07. The normalized spacial score (nSPS) is 17.8. The molecule has 0 bridgehead atoms. The molecule has 1 aliphatic carbocycles. The zero-order valence-electron chi connectivity index (χ0n) is 17.8. The number of sulfonamides is 1. The quantitative estimate of drug-likeness (QED) is 0.726. The number of anilines is 1. The van der Waals surface area contributed by atoms with Crippen molar-refractivity contribution in [3.05, 3.63) is 18.2 Å². The summed E-state index contributed by atoms with van der Waals surface area (Å²) in [6.07, 6.45) is 4.69. The van der Waals surface area contributed by atoms with Gasteiger partial charge in [-0.1, -0.05) is 40.0 Å². The van der Waals surface area contributed by atoms with Crippen LogP contribution in [0, 0.1) is 22.7 Å². The minimum absolute atomic E-state index is 0.0538. The van der Waals surface area contributed by atoms with E-state index < -0.39 is 21.0 Å². The number of carbonyl (C=O) groups excluding carboxylic acids is 1. The first kappa shape index (κ1) is 23.2. The van der Waals surface area contributed by atoms with E-state index in [1.165, 1.54) is 25.3 Å². The van der Waals surface area contributed by atoms with Gasteiger partial charge in [0.15, 0.2) is 0 Å². The van der Waals surface area contributed by atoms with E-state index in [0.717, 1.165) is 32.1 Å². The first-order valence-electron chi connectivity index (χ1n) is 9.87. The average molecular weight is 422 g/mol. The molecule has 0 spiro atoms. The van der Waals surface area contributed by atoms with E-state index in [9.17, 15) is 18.5 Å². The maximum atomic E-state index is 13.2. The van der Waals surface area contributed by atoms with Gasteiger partial charge in [-0.15, -0.1) is 0 Å². The Morgan fingerprint density at radius 3 is 2.31 bits per heavy atom. The maximum absolute atomic E-state index is 13.2. The molecule has 0 saturated heterocycles. The summed E-state index contributed by atoms with van der Waals surface area (Å²) < 4.78 is 34.3. The number of methoxy groups -OCH3 is 1. The molecule has 1 aromatic rings. The fourth-order valence-corrected chi connectivity index (χ4v) is 5.02. The molecule has 1 amide bonds. The van der Waals surface area contributed by atoms with Gasteiger partial charge < -0.3 is 10.1 Å². The van der Waals surface area contributed by atoms with Crippen LogP contribution in [-0.4, -0.2) is 27.0 Å². The highest BCUT2D eigenvalue weighted by molar-refractivity contribution is 7.89. The van der Waals surface area contributed by atoms with Crippen LogP contribution in [0.15, 0.2) is 23.1 Å². The third-order valence-electron chi connectivity index (χ3n) is 5.41. The van der Waals surface area contributed by atoms with E-state index >= 15 is 0 Å². The van der Waals surface area contributed by atoms with Crippen LogP contribution in [0.3, 0.4) is 0 Å². The van der Waals surface area contributed by atoms with Gasteiger partial charge in [0.05, 0.1) is 18.9 Å². The highest BCUT2D eigenvalue weighted by Gasteiger charge is 2.40. The molecule has 0 radical (unpaired) electrons. The molecule has 1 fully saturated rings. The molecule has 1 aromatic carbocycles. The summed E-state index contributed by atoms with van der Waals surface area (Å²) >= 11 is 0. The van der Waals surface area contributed by atoms with Crippen LogP contribution < -0.4 is 14.8 Å². The zero-order chi connectivity index (χ0) is 21.9. The Morgan fingerprint density at radius 1 is 1.17 bits per heavy atom. The minimum Gasteiger partial charge on any atom is -0.497 e.